The van der Waals surface area contributed by atoms with E-state index >= 15 is 0 Å². The summed E-state index contributed by atoms with van der Waals surface area (Å²) in [6, 6.07) is 1.08. The van der Waals surface area contributed by atoms with E-state index in [0.717, 1.165) is 0 Å². The third-order valence-electron chi connectivity index (χ3n) is 4.35. The summed E-state index contributed by atoms with van der Waals surface area (Å²) in [5.74, 6) is -1.04. The van der Waals surface area contributed by atoms with Gasteiger partial charge in [0, 0.05) is 6.07 Å². The van der Waals surface area contributed by atoms with Crippen molar-refractivity contribution in [2.45, 2.75) is 32.4 Å². The zero-order valence-electron chi connectivity index (χ0n) is 16.4. The highest BCUT2D eigenvalue weighted by Gasteiger charge is 2.43. The zero-order valence-corrected chi connectivity index (χ0v) is 16.4. The van der Waals surface area contributed by atoms with Crippen molar-refractivity contribution in [1.82, 2.24) is 14.9 Å². The molecule has 0 radical (unpaired) electrons. The summed E-state index contributed by atoms with van der Waals surface area (Å²) in [5.41, 5.74) is -7.39. The fourth-order valence-corrected chi connectivity index (χ4v) is 2.92. The van der Waals surface area contributed by atoms with Gasteiger partial charge in [-0.2, -0.15) is 44.6 Å². The van der Waals surface area contributed by atoms with Crippen LogP contribution in [-0.4, -0.2) is 20.8 Å². The van der Waals surface area contributed by atoms with Gasteiger partial charge in [0.2, 0.25) is 0 Å². The Morgan fingerprint density at radius 3 is 2.06 bits per heavy atom. The molecule has 0 fully saturated rings. The molecule has 15 heteroatoms. The Kier molecular flexibility index (Phi) is 5.71. The molecule has 3 aromatic rings. The molecule has 0 bridgehead atoms. The lowest BCUT2D eigenvalue weighted by atomic mass is 10.1. The monoisotopic (exact) mass is 486 g/mol. The number of alkyl halides is 9. The standard InChI is InChI=1S/C18H11F9N4O2/c1-7-14(8(2)33-30-7)15(32)28-11-4-3-9(5-10(11)16(19,20)21)31-13(18(25,26)27)6-12(29-31)17(22,23)24/h3-6H,1-2H3,(H,28,32). The SMILES string of the molecule is Cc1noc(C)c1C(=O)Nc1ccc(-n2nc(C(F)(F)F)cc2C(F)(F)F)cc1C(F)(F)F. The number of anilines is 1. The molecule has 1 aromatic carbocycles. The molecule has 0 spiro atoms. The maximum atomic E-state index is 13.6. The minimum atomic E-state index is -5.36. The van der Waals surface area contributed by atoms with Gasteiger partial charge < -0.3 is 9.84 Å². The second-order valence-electron chi connectivity index (χ2n) is 6.70. The van der Waals surface area contributed by atoms with E-state index in [2.05, 4.69) is 10.3 Å². The topological polar surface area (TPSA) is 73.0 Å². The summed E-state index contributed by atoms with van der Waals surface area (Å²) in [6.45, 7) is 2.69. The molecule has 0 saturated heterocycles. The van der Waals surface area contributed by atoms with Crippen molar-refractivity contribution < 1.29 is 48.8 Å². The van der Waals surface area contributed by atoms with E-state index < -0.39 is 52.8 Å². The summed E-state index contributed by atoms with van der Waals surface area (Å²) >= 11 is 0. The number of aromatic nitrogens is 3. The highest BCUT2D eigenvalue weighted by atomic mass is 19.4. The van der Waals surface area contributed by atoms with Crippen LogP contribution in [-0.2, 0) is 18.5 Å². The van der Waals surface area contributed by atoms with Gasteiger partial charge in [-0.05, 0) is 32.0 Å². The Hall–Kier alpha value is -3.52. The molecule has 2 aromatic heterocycles. The van der Waals surface area contributed by atoms with Crippen molar-refractivity contribution >= 4 is 11.6 Å². The van der Waals surface area contributed by atoms with E-state index in [1.165, 1.54) is 13.8 Å². The molecule has 1 N–H and O–H groups in total. The molecule has 0 aliphatic rings. The molecule has 178 valence electrons. The third-order valence-corrected chi connectivity index (χ3v) is 4.35. The van der Waals surface area contributed by atoms with E-state index in [9.17, 15) is 44.3 Å². The first kappa shape index (κ1) is 24.1. The van der Waals surface area contributed by atoms with Crippen LogP contribution >= 0.6 is 0 Å². The van der Waals surface area contributed by atoms with Gasteiger partial charge in [0.1, 0.15) is 17.0 Å². The minimum absolute atomic E-state index is 0.00113. The summed E-state index contributed by atoms with van der Waals surface area (Å²) in [7, 11) is 0. The molecular formula is C18H11F9N4O2. The van der Waals surface area contributed by atoms with Gasteiger partial charge in [-0.25, -0.2) is 4.68 Å². The molecular weight excluding hydrogens is 475 g/mol. The molecule has 0 aliphatic heterocycles. The van der Waals surface area contributed by atoms with E-state index in [-0.39, 0.29) is 33.8 Å². The number of aryl methyl sites for hydroxylation is 2. The number of carbonyl (C=O) groups excluding carboxylic acids is 1. The molecule has 0 unspecified atom stereocenters. The summed E-state index contributed by atoms with van der Waals surface area (Å²) in [5, 5.41) is 8.25. The third kappa shape index (κ3) is 4.80. The predicted octanol–water partition coefficient (Wildman–Crippen LogP) is 5.79. The van der Waals surface area contributed by atoms with Crippen LogP contribution in [0.15, 0.2) is 28.8 Å². The molecule has 33 heavy (non-hydrogen) atoms. The molecule has 0 atom stereocenters. The number of amides is 1. The lowest BCUT2D eigenvalue weighted by Gasteiger charge is -2.17. The van der Waals surface area contributed by atoms with Crippen molar-refractivity contribution in [1.29, 1.82) is 0 Å². The summed E-state index contributed by atoms with van der Waals surface area (Å²) < 4.78 is 124. The van der Waals surface area contributed by atoms with E-state index in [0.29, 0.717) is 12.1 Å². The number of rotatable bonds is 3. The van der Waals surface area contributed by atoms with Crippen molar-refractivity contribution in [2.75, 3.05) is 5.32 Å². The largest absolute Gasteiger partial charge is 0.435 e. The van der Waals surface area contributed by atoms with Crippen LogP contribution < -0.4 is 5.32 Å². The van der Waals surface area contributed by atoms with Gasteiger partial charge in [0.25, 0.3) is 5.91 Å². The van der Waals surface area contributed by atoms with Crippen LogP contribution in [0.3, 0.4) is 0 Å². The van der Waals surface area contributed by atoms with Crippen LogP contribution in [0.25, 0.3) is 5.69 Å². The lowest BCUT2D eigenvalue weighted by Crippen LogP contribution is -2.19. The number of benzene rings is 1. The first-order valence-corrected chi connectivity index (χ1v) is 8.70. The Bertz CT molecular complexity index is 1180. The van der Waals surface area contributed by atoms with Crippen LogP contribution in [0, 0.1) is 13.8 Å². The molecule has 0 aliphatic carbocycles. The van der Waals surface area contributed by atoms with Gasteiger partial charge in [-0.15, -0.1) is 0 Å². The van der Waals surface area contributed by atoms with Gasteiger partial charge in [0.15, 0.2) is 5.69 Å². The van der Waals surface area contributed by atoms with Crippen molar-refractivity contribution in [3.8, 4) is 5.69 Å². The van der Waals surface area contributed by atoms with Gasteiger partial charge in [-0.1, -0.05) is 5.16 Å². The Balaban J connectivity index is 2.12. The predicted molar refractivity (Wildman–Crippen MR) is 92.5 cm³/mol. The minimum Gasteiger partial charge on any atom is -0.361 e. The maximum Gasteiger partial charge on any atom is 0.435 e. The van der Waals surface area contributed by atoms with Crippen molar-refractivity contribution in [3.63, 3.8) is 0 Å². The normalized spacial score (nSPS) is 12.8. The summed E-state index contributed by atoms with van der Waals surface area (Å²) in [6.07, 6.45) is -15.8. The Morgan fingerprint density at radius 2 is 1.58 bits per heavy atom. The zero-order chi connectivity index (χ0) is 24.9. The highest BCUT2D eigenvalue weighted by Crippen LogP contribution is 2.39. The van der Waals surface area contributed by atoms with E-state index in [4.69, 9.17) is 4.52 Å². The van der Waals surface area contributed by atoms with Crippen LogP contribution in [0.2, 0.25) is 0 Å². The fourth-order valence-electron chi connectivity index (χ4n) is 2.92. The average Bonchev–Trinajstić information content (AvgIpc) is 3.25. The number of halogens is 9. The van der Waals surface area contributed by atoms with Gasteiger partial charge in [-0.3, -0.25) is 4.79 Å². The second-order valence-corrected chi connectivity index (χ2v) is 6.70. The van der Waals surface area contributed by atoms with Crippen molar-refractivity contribution in [3.05, 3.63) is 58.2 Å². The number of nitrogens with zero attached hydrogens (tertiary/aromatic N) is 3. The summed E-state index contributed by atoms with van der Waals surface area (Å²) in [4.78, 5) is 12.4. The molecule has 0 saturated carbocycles. The molecule has 1 amide bonds. The highest BCUT2D eigenvalue weighted by molar-refractivity contribution is 6.06. The Morgan fingerprint density at radius 1 is 0.939 bits per heavy atom. The average molecular weight is 486 g/mol. The first-order chi connectivity index (χ1) is 15.0. The second kappa shape index (κ2) is 7.81. The van der Waals surface area contributed by atoms with E-state index in [1.54, 1.807) is 0 Å². The molecule has 6 nitrogen and oxygen atoms in total. The number of hydrogen-bond donors (Lipinski definition) is 1. The first-order valence-electron chi connectivity index (χ1n) is 8.70. The number of carbonyl (C=O) groups is 1. The maximum absolute atomic E-state index is 13.6. The van der Waals surface area contributed by atoms with Crippen molar-refractivity contribution in [2.24, 2.45) is 0 Å². The van der Waals surface area contributed by atoms with E-state index in [1.807, 2.05) is 5.32 Å². The quantitative estimate of drug-likeness (QED) is 0.476. The number of hydrogen-bond acceptors (Lipinski definition) is 4. The Labute approximate surface area is 178 Å². The van der Waals surface area contributed by atoms with Gasteiger partial charge >= 0.3 is 18.5 Å². The van der Waals surface area contributed by atoms with Crippen LogP contribution in [0.4, 0.5) is 45.2 Å². The van der Waals surface area contributed by atoms with Crippen LogP contribution in [0.1, 0.15) is 38.8 Å². The smallest absolute Gasteiger partial charge is 0.361 e. The number of nitrogens with one attached hydrogen (secondary N) is 1. The van der Waals surface area contributed by atoms with Gasteiger partial charge in [0.05, 0.1) is 22.6 Å². The lowest BCUT2D eigenvalue weighted by molar-refractivity contribution is -0.143. The fraction of sp³-hybridized carbons (Fsp3) is 0.278. The van der Waals surface area contributed by atoms with Crippen LogP contribution in [0.5, 0.6) is 0 Å². The molecule has 3 rings (SSSR count). The molecule has 2 heterocycles.